The summed E-state index contributed by atoms with van der Waals surface area (Å²) >= 11 is 0. The van der Waals surface area contributed by atoms with E-state index < -0.39 is 0 Å². The molecule has 2 unspecified atom stereocenters. The first-order chi connectivity index (χ1) is 7.25. The molecule has 2 fully saturated rings. The predicted octanol–water partition coefficient (Wildman–Crippen LogP) is 2.24. The smallest absolute Gasteiger partial charge is 0.00676 e. The van der Waals surface area contributed by atoms with E-state index in [9.17, 15) is 0 Å². The van der Waals surface area contributed by atoms with Crippen molar-refractivity contribution in [2.45, 2.75) is 51.0 Å². The molecule has 0 heterocycles. The van der Waals surface area contributed by atoms with Gasteiger partial charge in [0.25, 0.3) is 0 Å². The minimum Gasteiger partial charge on any atom is -0.327 e. The van der Waals surface area contributed by atoms with Gasteiger partial charge in [-0.25, -0.2) is 0 Å². The Morgan fingerprint density at radius 2 is 1.87 bits per heavy atom. The lowest BCUT2D eigenvalue weighted by atomic mass is 9.85. The molecule has 2 saturated carbocycles. The molecule has 2 N–H and O–H groups in total. The van der Waals surface area contributed by atoms with E-state index in [1.807, 2.05) is 0 Å². The summed E-state index contributed by atoms with van der Waals surface area (Å²) in [5, 5.41) is 0. The Morgan fingerprint density at radius 1 is 1.13 bits per heavy atom. The van der Waals surface area contributed by atoms with Crippen LogP contribution >= 0.6 is 0 Å². The van der Waals surface area contributed by atoms with Crippen molar-refractivity contribution in [3.8, 4) is 0 Å². The molecule has 2 nitrogen and oxygen atoms in total. The standard InChI is InChI=1S/C13H26N2/c1-15(10-11-4-2-5-11)9-8-12-6-3-7-13(12)14/h11-13H,2-10,14H2,1H3. The zero-order chi connectivity index (χ0) is 10.7. The molecular formula is C13H26N2. The molecular weight excluding hydrogens is 184 g/mol. The van der Waals surface area contributed by atoms with E-state index in [-0.39, 0.29) is 0 Å². The molecule has 0 aromatic carbocycles. The molecule has 0 aromatic rings. The highest BCUT2D eigenvalue weighted by atomic mass is 15.1. The van der Waals surface area contributed by atoms with Crippen LogP contribution in [0.2, 0.25) is 0 Å². The van der Waals surface area contributed by atoms with Crippen LogP contribution in [-0.2, 0) is 0 Å². The molecule has 2 heteroatoms. The van der Waals surface area contributed by atoms with Crippen LogP contribution in [0.15, 0.2) is 0 Å². The van der Waals surface area contributed by atoms with Gasteiger partial charge < -0.3 is 10.6 Å². The monoisotopic (exact) mass is 210 g/mol. The van der Waals surface area contributed by atoms with Crippen molar-refractivity contribution in [3.63, 3.8) is 0 Å². The topological polar surface area (TPSA) is 29.3 Å². The highest BCUT2D eigenvalue weighted by Gasteiger charge is 2.24. The minimum atomic E-state index is 0.502. The predicted molar refractivity (Wildman–Crippen MR) is 64.8 cm³/mol. The first kappa shape index (κ1) is 11.4. The molecule has 88 valence electrons. The summed E-state index contributed by atoms with van der Waals surface area (Å²) in [7, 11) is 2.28. The number of nitrogens with two attached hydrogens (primary N) is 1. The maximum Gasteiger partial charge on any atom is 0.00676 e. The summed E-state index contributed by atoms with van der Waals surface area (Å²) in [6, 6.07) is 0.502. The summed E-state index contributed by atoms with van der Waals surface area (Å²) < 4.78 is 0. The van der Waals surface area contributed by atoms with Gasteiger partial charge in [0.2, 0.25) is 0 Å². The Kier molecular flexibility index (Phi) is 4.04. The summed E-state index contributed by atoms with van der Waals surface area (Å²) in [6.45, 7) is 2.58. The fourth-order valence-electron chi connectivity index (χ4n) is 3.02. The number of hydrogen-bond acceptors (Lipinski definition) is 2. The van der Waals surface area contributed by atoms with E-state index in [1.165, 1.54) is 58.0 Å². The number of hydrogen-bond donors (Lipinski definition) is 1. The maximum absolute atomic E-state index is 6.09. The second-order valence-electron chi connectivity index (χ2n) is 5.70. The van der Waals surface area contributed by atoms with Crippen molar-refractivity contribution in [2.24, 2.45) is 17.6 Å². The van der Waals surface area contributed by atoms with E-state index >= 15 is 0 Å². The third kappa shape index (κ3) is 3.18. The van der Waals surface area contributed by atoms with E-state index in [4.69, 9.17) is 5.73 Å². The summed E-state index contributed by atoms with van der Waals surface area (Å²) in [6.07, 6.45) is 9.71. The van der Waals surface area contributed by atoms with Gasteiger partial charge in [0, 0.05) is 12.6 Å². The molecule has 2 atom stereocenters. The molecule has 2 rings (SSSR count). The molecule has 0 bridgehead atoms. The Labute approximate surface area is 94.2 Å². The normalized spacial score (nSPS) is 32.2. The van der Waals surface area contributed by atoms with E-state index in [1.54, 1.807) is 0 Å². The first-order valence-corrected chi connectivity index (χ1v) is 6.70. The lowest BCUT2D eigenvalue weighted by Crippen LogP contribution is -2.33. The highest BCUT2D eigenvalue weighted by molar-refractivity contribution is 4.81. The Balaban J connectivity index is 1.59. The van der Waals surface area contributed by atoms with Crippen molar-refractivity contribution in [1.82, 2.24) is 4.90 Å². The lowest BCUT2D eigenvalue weighted by Gasteiger charge is -2.30. The van der Waals surface area contributed by atoms with Crippen LogP contribution in [0.5, 0.6) is 0 Å². The van der Waals surface area contributed by atoms with Crippen LogP contribution in [0.4, 0.5) is 0 Å². The zero-order valence-corrected chi connectivity index (χ0v) is 10.1. The lowest BCUT2D eigenvalue weighted by molar-refractivity contribution is 0.195. The third-order valence-corrected chi connectivity index (χ3v) is 4.39. The van der Waals surface area contributed by atoms with Crippen molar-refractivity contribution in [3.05, 3.63) is 0 Å². The first-order valence-electron chi connectivity index (χ1n) is 6.70. The molecule has 2 aliphatic carbocycles. The maximum atomic E-state index is 6.09. The molecule has 0 aliphatic heterocycles. The van der Waals surface area contributed by atoms with Gasteiger partial charge >= 0.3 is 0 Å². The molecule has 0 amide bonds. The van der Waals surface area contributed by atoms with Crippen LogP contribution in [0.25, 0.3) is 0 Å². The molecule has 0 aromatic heterocycles. The van der Waals surface area contributed by atoms with Gasteiger partial charge in [0.1, 0.15) is 0 Å². The number of nitrogens with zero attached hydrogens (tertiary/aromatic N) is 1. The third-order valence-electron chi connectivity index (χ3n) is 4.39. The van der Waals surface area contributed by atoms with Gasteiger partial charge in [-0.3, -0.25) is 0 Å². The van der Waals surface area contributed by atoms with Crippen LogP contribution in [0.3, 0.4) is 0 Å². The molecule has 0 saturated heterocycles. The highest BCUT2D eigenvalue weighted by Crippen LogP contribution is 2.29. The van der Waals surface area contributed by atoms with Crippen molar-refractivity contribution < 1.29 is 0 Å². The summed E-state index contributed by atoms with van der Waals surface area (Å²) in [5.41, 5.74) is 6.09. The van der Waals surface area contributed by atoms with Gasteiger partial charge in [0.15, 0.2) is 0 Å². The van der Waals surface area contributed by atoms with E-state index in [0.29, 0.717) is 6.04 Å². The van der Waals surface area contributed by atoms with Crippen LogP contribution in [-0.4, -0.2) is 31.1 Å². The van der Waals surface area contributed by atoms with E-state index in [2.05, 4.69) is 11.9 Å². The fraction of sp³-hybridized carbons (Fsp3) is 1.00. The van der Waals surface area contributed by atoms with Crippen LogP contribution < -0.4 is 5.73 Å². The van der Waals surface area contributed by atoms with E-state index in [0.717, 1.165) is 11.8 Å². The Bertz CT molecular complexity index is 189. The SMILES string of the molecule is CN(CCC1CCCC1N)CC1CCC1. The fourth-order valence-corrected chi connectivity index (χ4v) is 3.02. The van der Waals surface area contributed by atoms with Gasteiger partial charge in [-0.15, -0.1) is 0 Å². The molecule has 0 spiro atoms. The second kappa shape index (κ2) is 5.31. The average molecular weight is 210 g/mol. The largest absolute Gasteiger partial charge is 0.327 e. The van der Waals surface area contributed by atoms with Gasteiger partial charge in [-0.1, -0.05) is 12.8 Å². The van der Waals surface area contributed by atoms with Gasteiger partial charge in [-0.2, -0.15) is 0 Å². The van der Waals surface area contributed by atoms with Crippen LogP contribution in [0.1, 0.15) is 44.9 Å². The van der Waals surface area contributed by atoms with Crippen molar-refractivity contribution >= 4 is 0 Å². The van der Waals surface area contributed by atoms with Gasteiger partial charge in [-0.05, 0) is 57.5 Å². The average Bonchev–Trinajstić information content (AvgIpc) is 2.55. The molecule has 15 heavy (non-hydrogen) atoms. The number of rotatable bonds is 5. The second-order valence-corrected chi connectivity index (χ2v) is 5.70. The Hall–Kier alpha value is -0.0800. The zero-order valence-electron chi connectivity index (χ0n) is 10.1. The van der Waals surface area contributed by atoms with Crippen molar-refractivity contribution in [1.29, 1.82) is 0 Å². The molecule has 2 aliphatic rings. The van der Waals surface area contributed by atoms with Gasteiger partial charge in [0.05, 0.1) is 0 Å². The minimum absolute atomic E-state index is 0.502. The molecule has 0 radical (unpaired) electrons. The summed E-state index contributed by atoms with van der Waals surface area (Å²) in [4.78, 5) is 2.52. The van der Waals surface area contributed by atoms with Crippen LogP contribution in [0, 0.1) is 11.8 Å². The summed E-state index contributed by atoms with van der Waals surface area (Å²) in [5.74, 6) is 1.82. The Morgan fingerprint density at radius 3 is 2.40 bits per heavy atom. The quantitative estimate of drug-likeness (QED) is 0.754. The van der Waals surface area contributed by atoms with Crippen molar-refractivity contribution in [2.75, 3.05) is 20.1 Å².